The molecule has 0 radical (unpaired) electrons. The van der Waals surface area contributed by atoms with Crippen LogP contribution in [-0.4, -0.2) is 23.1 Å². The monoisotopic (exact) mass is 368 g/mol. The molecule has 1 saturated heterocycles. The Morgan fingerprint density at radius 2 is 2.00 bits per heavy atom. The quantitative estimate of drug-likeness (QED) is 0.253. The summed E-state index contributed by atoms with van der Waals surface area (Å²) in [7, 11) is 0. The fourth-order valence-electron chi connectivity index (χ4n) is 2.29. The third-order valence-corrected chi connectivity index (χ3v) is 4.51. The van der Waals surface area contributed by atoms with E-state index in [2.05, 4.69) is 14.6 Å². The number of alkyl halides is 2. The number of rotatable bonds is 7. The van der Waals surface area contributed by atoms with Crippen LogP contribution in [0.4, 0.5) is 13.2 Å². The minimum Gasteiger partial charge on any atom is -0.411 e. The third-order valence-electron chi connectivity index (χ3n) is 3.67. The lowest BCUT2D eigenvalue weighted by molar-refractivity contribution is 0.00138. The number of ether oxygens (including phenoxy) is 1. The molecule has 1 unspecified atom stereocenters. The lowest BCUT2D eigenvalue weighted by Crippen LogP contribution is -2.10. The molecular formula is C17H15F3N2O2S. The molecule has 2 aromatic rings. The summed E-state index contributed by atoms with van der Waals surface area (Å²) in [4.78, 5) is 0.476. The molecule has 1 fully saturated rings. The van der Waals surface area contributed by atoms with E-state index < -0.39 is 12.2 Å². The number of hydrogen-bond acceptors (Lipinski definition) is 5. The van der Waals surface area contributed by atoms with Crippen LogP contribution in [0.25, 0.3) is 0 Å². The number of nitrogens with one attached hydrogen (secondary N) is 1. The van der Waals surface area contributed by atoms with Crippen molar-refractivity contribution in [1.29, 1.82) is 0 Å². The molecule has 1 heterocycles. The molecule has 1 atom stereocenters. The van der Waals surface area contributed by atoms with Gasteiger partial charge in [0, 0.05) is 13.0 Å². The van der Waals surface area contributed by atoms with Crippen LogP contribution in [0.15, 0.2) is 58.6 Å². The second-order valence-electron chi connectivity index (χ2n) is 5.47. The fourth-order valence-corrected chi connectivity index (χ4v) is 3.00. The lowest BCUT2D eigenvalue weighted by Gasteiger charge is -2.08. The van der Waals surface area contributed by atoms with Crippen LogP contribution >= 0.6 is 11.9 Å². The van der Waals surface area contributed by atoms with Gasteiger partial charge in [-0.2, -0.15) is 8.78 Å². The minimum atomic E-state index is -3.15. The van der Waals surface area contributed by atoms with Crippen molar-refractivity contribution in [3.05, 3.63) is 65.5 Å². The summed E-state index contributed by atoms with van der Waals surface area (Å²) < 4.78 is 46.5. The number of benzene rings is 2. The Bertz CT molecular complexity index is 786. The molecule has 132 valence electrons. The van der Waals surface area contributed by atoms with Gasteiger partial charge < -0.3 is 9.94 Å². The minimum absolute atomic E-state index is 0.130. The molecule has 8 heteroatoms. The Morgan fingerprint density at radius 3 is 2.68 bits per heavy atom. The summed E-state index contributed by atoms with van der Waals surface area (Å²) >= 11 is 1.16. The first-order chi connectivity index (χ1) is 12.0. The van der Waals surface area contributed by atoms with Crippen LogP contribution in [0.3, 0.4) is 0 Å². The van der Waals surface area contributed by atoms with Crippen molar-refractivity contribution in [2.24, 2.45) is 5.16 Å². The predicted molar refractivity (Wildman–Crippen MR) is 88.3 cm³/mol. The van der Waals surface area contributed by atoms with Crippen molar-refractivity contribution >= 4 is 17.7 Å². The topological polar surface area (TPSA) is 57.2 Å². The molecule has 1 aliphatic rings. The molecule has 2 N–H and O–H groups in total. The summed E-state index contributed by atoms with van der Waals surface area (Å²) in [5.74, 6) is -0.311. The van der Waals surface area contributed by atoms with Gasteiger partial charge in [-0.15, -0.1) is 0 Å². The summed E-state index contributed by atoms with van der Waals surface area (Å²) in [6.45, 7) is 0.418. The highest BCUT2D eigenvalue weighted by molar-refractivity contribution is 7.97. The third kappa shape index (κ3) is 4.53. The van der Waals surface area contributed by atoms with Crippen molar-refractivity contribution in [3.63, 3.8) is 0 Å². The molecule has 3 rings (SSSR count). The zero-order valence-electron chi connectivity index (χ0n) is 13.0. The number of nitrogens with zero attached hydrogens (tertiary/aromatic N) is 1. The van der Waals surface area contributed by atoms with Gasteiger partial charge in [0.05, 0.1) is 10.6 Å². The summed E-state index contributed by atoms with van der Waals surface area (Å²) in [6.07, 6.45) is -4.58. The van der Waals surface area contributed by atoms with Gasteiger partial charge in [-0.1, -0.05) is 35.5 Å². The van der Waals surface area contributed by atoms with Gasteiger partial charge in [-0.05, 0) is 41.3 Å². The van der Waals surface area contributed by atoms with Crippen LogP contribution in [0.5, 0.6) is 0 Å². The van der Waals surface area contributed by atoms with Gasteiger partial charge in [0.2, 0.25) is 0 Å². The van der Waals surface area contributed by atoms with E-state index in [0.29, 0.717) is 17.0 Å². The molecule has 1 aliphatic heterocycles. The average molecular weight is 368 g/mol. The number of epoxide rings is 1. The Balaban J connectivity index is 1.60. The first-order valence-electron chi connectivity index (χ1n) is 7.49. The Morgan fingerprint density at radius 1 is 1.24 bits per heavy atom. The van der Waals surface area contributed by atoms with E-state index in [1.807, 2.05) is 6.07 Å². The van der Waals surface area contributed by atoms with E-state index in [-0.39, 0.29) is 17.9 Å². The summed E-state index contributed by atoms with van der Waals surface area (Å²) in [5.41, 5.74) is 1.50. The predicted octanol–water partition coefficient (Wildman–Crippen LogP) is 4.18. The maximum atomic E-state index is 13.5. The Hall–Kier alpha value is -2.03. The van der Waals surface area contributed by atoms with E-state index in [1.165, 1.54) is 6.07 Å². The standard InChI is InChI=1S/C17H15F3N2O2S/c18-13-6-1-2-7-15(13)25-21-10-11-4-3-5-12(8-11)14(22-23)9-16-17(19,20)24-16/h1-8,16,21,23H,9-10H2/b22-14+. The van der Waals surface area contributed by atoms with Gasteiger partial charge in [-0.3, -0.25) is 4.72 Å². The second-order valence-corrected chi connectivity index (χ2v) is 6.41. The van der Waals surface area contributed by atoms with E-state index in [0.717, 1.165) is 17.5 Å². The zero-order valence-corrected chi connectivity index (χ0v) is 13.8. The molecule has 0 bridgehead atoms. The highest BCUT2D eigenvalue weighted by Gasteiger charge is 2.59. The van der Waals surface area contributed by atoms with E-state index in [1.54, 1.807) is 36.4 Å². The molecular weight excluding hydrogens is 353 g/mol. The highest BCUT2D eigenvalue weighted by atomic mass is 32.2. The largest absolute Gasteiger partial charge is 0.411 e. The molecule has 0 aliphatic carbocycles. The molecule has 0 spiro atoms. The van der Waals surface area contributed by atoms with Crippen molar-refractivity contribution in [2.45, 2.75) is 30.1 Å². The first-order valence-corrected chi connectivity index (χ1v) is 8.31. The molecule has 0 saturated carbocycles. The molecule has 4 nitrogen and oxygen atoms in total. The smallest absolute Gasteiger partial charge is 0.383 e. The Kier molecular flexibility index (Phi) is 5.31. The highest BCUT2D eigenvalue weighted by Crippen LogP contribution is 2.42. The zero-order chi connectivity index (χ0) is 17.9. The average Bonchev–Trinajstić information content (AvgIpc) is 3.21. The molecule has 25 heavy (non-hydrogen) atoms. The maximum Gasteiger partial charge on any atom is 0.383 e. The van der Waals surface area contributed by atoms with Crippen LogP contribution < -0.4 is 4.72 Å². The number of oxime groups is 1. The fraction of sp³-hybridized carbons (Fsp3) is 0.235. The van der Waals surface area contributed by atoms with Gasteiger partial charge in [0.1, 0.15) is 5.82 Å². The van der Waals surface area contributed by atoms with Gasteiger partial charge >= 0.3 is 6.11 Å². The van der Waals surface area contributed by atoms with Crippen molar-refractivity contribution < 1.29 is 23.1 Å². The number of halogens is 3. The molecule has 2 aromatic carbocycles. The lowest BCUT2D eigenvalue weighted by atomic mass is 10.0. The van der Waals surface area contributed by atoms with Gasteiger partial charge in [0.25, 0.3) is 0 Å². The van der Waals surface area contributed by atoms with Crippen molar-refractivity contribution in [1.82, 2.24) is 4.72 Å². The maximum absolute atomic E-state index is 13.5. The van der Waals surface area contributed by atoms with Crippen molar-refractivity contribution in [2.75, 3.05) is 0 Å². The van der Waals surface area contributed by atoms with Crippen molar-refractivity contribution in [3.8, 4) is 0 Å². The van der Waals surface area contributed by atoms with E-state index in [9.17, 15) is 13.2 Å². The van der Waals surface area contributed by atoms with Crippen LogP contribution in [0, 0.1) is 5.82 Å². The second kappa shape index (κ2) is 7.47. The SMILES string of the molecule is O/N=C(\CC1OC1(F)F)c1cccc(CNSc2ccccc2F)c1. The normalized spacial score (nSPS) is 19.0. The van der Waals surface area contributed by atoms with Gasteiger partial charge in [0.15, 0.2) is 6.10 Å². The van der Waals surface area contributed by atoms with E-state index >= 15 is 0 Å². The van der Waals surface area contributed by atoms with Crippen LogP contribution in [0.1, 0.15) is 17.5 Å². The van der Waals surface area contributed by atoms with Gasteiger partial charge in [-0.25, -0.2) is 4.39 Å². The molecule has 0 aromatic heterocycles. The number of hydrogen-bond donors (Lipinski definition) is 2. The molecule has 0 amide bonds. The Labute approximate surface area is 146 Å². The van der Waals surface area contributed by atoms with Crippen LogP contribution in [0.2, 0.25) is 0 Å². The van der Waals surface area contributed by atoms with Crippen LogP contribution in [-0.2, 0) is 11.3 Å². The first kappa shape index (κ1) is 17.8. The summed E-state index contributed by atoms with van der Waals surface area (Å²) in [5, 5.41) is 12.2. The van der Waals surface area contributed by atoms with E-state index in [4.69, 9.17) is 5.21 Å². The summed E-state index contributed by atoms with van der Waals surface area (Å²) in [6, 6.07) is 13.4.